The van der Waals surface area contributed by atoms with Crippen LogP contribution in [-0.2, 0) is 0 Å². The van der Waals surface area contributed by atoms with Crippen LogP contribution in [0.3, 0.4) is 0 Å². The van der Waals surface area contributed by atoms with E-state index < -0.39 is 22.9 Å². The lowest BCUT2D eigenvalue weighted by Crippen LogP contribution is -2.33. The lowest BCUT2D eigenvalue weighted by molar-refractivity contribution is 0.509. The highest BCUT2D eigenvalue weighted by molar-refractivity contribution is 7.17. The third-order valence-electron chi connectivity index (χ3n) is 5.05. The smallest absolute Gasteiger partial charge is 0.298 e. The van der Waals surface area contributed by atoms with Gasteiger partial charge in [0.1, 0.15) is 9.98 Å². The molecule has 3 aromatic heterocycles. The molecule has 0 amide bonds. The molecule has 0 unspecified atom stereocenters. The van der Waals surface area contributed by atoms with E-state index in [1.54, 1.807) is 35.7 Å². The molecule has 0 spiro atoms. The maximum absolute atomic E-state index is 13.6. The van der Waals surface area contributed by atoms with Crippen molar-refractivity contribution in [3.63, 3.8) is 0 Å². The van der Waals surface area contributed by atoms with E-state index in [9.17, 15) is 18.4 Å². The lowest BCUT2D eigenvalue weighted by Gasteiger charge is -2.07. The lowest BCUT2D eigenvalue weighted by atomic mass is 10.0. The highest BCUT2D eigenvalue weighted by atomic mass is 35.5. The van der Waals surface area contributed by atoms with E-state index >= 15 is 0 Å². The number of aromatic nitrogens is 3. The minimum atomic E-state index is -0.920. The van der Waals surface area contributed by atoms with Crippen molar-refractivity contribution in [1.29, 1.82) is 0 Å². The molecule has 158 valence electrons. The molecule has 9 heteroatoms. The molecule has 32 heavy (non-hydrogen) atoms. The van der Waals surface area contributed by atoms with Crippen LogP contribution in [0.5, 0.6) is 0 Å². The third kappa shape index (κ3) is 3.43. The Hall–Kier alpha value is -3.62. The average Bonchev–Trinajstić information content (AvgIpc) is 3.21. The number of nitrogens with one attached hydrogen (secondary N) is 1. The Morgan fingerprint density at radius 3 is 2.31 bits per heavy atom. The van der Waals surface area contributed by atoms with Crippen molar-refractivity contribution in [2.24, 2.45) is 0 Å². The quantitative estimate of drug-likeness (QED) is 0.361. The highest BCUT2D eigenvalue weighted by Gasteiger charge is 2.16. The molecule has 0 atom stereocenters. The van der Waals surface area contributed by atoms with Gasteiger partial charge in [-0.1, -0.05) is 41.9 Å². The number of hydrogen-bond donors (Lipinski definition) is 1. The van der Waals surface area contributed by atoms with E-state index in [1.807, 2.05) is 0 Å². The molecule has 3 heterocycles. The average molecular weight is 468 g/mol. The summed E-state index contributed by atoms with van der Waals surface area (Å²) in [4.78, 5) is 32.9. The maximum Gasteiger partial charge on any atom is 0.334 e. The number of fused-ring (bicyclic) bond motifs is 1. The topological polar surface area (TPSA) is 67.8 Å². The van der Waals surface area contributed by atoms with E-state index in [4.69, 9.17) is 11.6 Å². The van der Waals surface area contributed by atoms with Crippen molar-refractivity contribution in [3.8, 4) is 27.9 Å². The van der Waals surface area contributed by atoms with Crippen LogP contribution in [0.4, 0.5) is 8.78 Å². The summed E-state index contributed by atoms with van der Waals surface area (Å²) in [7, 11) is 0. The third-order valence-corrected chi connectivity index (χ3v) is 6.17. The molecule has 5 aromatic rings. The van der Waals surface area contributed by atoms with Gasteiger partial charge in [0.2, 0.25) is 0 Å². The number of rotatable bonds is 3. The molecule has 2 aromatic carbocycles. The van der Waals surface area contributed by atoms with Crippen LogP contribution in [0.2, 0.25) is 5.15 Å². The first kappa shape index (κ1) is 20.3. The Morgan fingerprint density at radius 2 is 1.62 bits per heavy atom. The summed E-state index contributed by atoms with van der Waals surface area (Å²) in [5, 5.41) is 2.40. The van der Waals surface area contributed by atoms with Gasteiger partial charge in [-0.15, -0.1) is 11.3 Å². The van der Waals surface area contributed by atoms with Crippen LogP contribution >= 0.6 is 22.9 Å². The van der Waals surface area contributed by atoms with Crippen molar-refractivity contribution in [3.05, 3.63) is 104 Å². The molecule has 0 bridgehead atoms. The fourth-order valence-corrected chi connectivity index (χ4v) is 4.55. The van der Waals surface area contributed by atoms with Gasteiger partial charge in [0.15, 0.2) is 11.6 Å². The zero-order valence-corrected chi connectivity index (χ0v) is 17.7. The van der Waals surface area contributed by atoms with Gasteiger partial charge >= 0.3 is 5.69 Å². The number of nitrogens with zero attached hydrogens (tertiary/aromatic N) is 2. The monoisotopic (exact) mass is 467 g/mol. The first-order valence-corrected chi connectivity index (χ1v) is 10.6. The second-order valence-corrected chi connectivity index (χ2v) is 8.24. The standard InChI is InChI=1S/C23H12ClF2N3O2S/c24-19-8-6-15(10-27-19)29-22(30)20-16(11-32-21(20)28-23(29)31)13-3-1-12(2-4-13)14-5-7-17(25)18(26)9-14/h1-11H,(H,28,31). The maximum atomic E-state index is 13.6. The Kier molecular flexibility index (Phi) is 4.96. The Labute approximate surface area is 188 Å². The molecule has 5 rings (SSSR count). The van der Waals surface area contributed by atoms with Gasteiger partial charge in [-0.25, -0.2) is 23.1 Å². The SMILES string of the molecule is O=c1[nH]c2scc(-c3ccc(-c4ccc(F)c(F)c4)cc3)c2c(=O)n1-c1ccc(Cl)nc1. The van der Waals surface area contributed by atoms with Gasteiger partial charge in [-0.2, -0.15) is 0 Å². The molecule has 0 saturated carbocycles. The summed E-state index contributed by atoms with van der Waals surface area (Å²) < 4.78 is 27.8. The molecule has 0 aliphatic heterocycles. The van der Waals surface area contributed by atoms with E-state index in [1.165, 1.54) is 29.7 Å². The molecule has 1 N–H and O–H groups in total. The Balaban J connectivity index is 1.62. The minimum Gasteiger partial charge on any atom is -0.298 e. The van der Waals surface area contributed by atoms with Crippen LogP contribution in [0.15, 0.2) is 75.8 Å². The van der Waals surface area contributed by atoms with Gasteiger partial charge in [0, 0.05) is 10.9 Å². The van der Waals surface area contributed by atoms with Crippen LogP contribution in [0, 0.1) is 11.6 Å². The first-order valence-electron chi connectivity index (χ1n) is 9.37. The van der Waals surface area contributed by atoms with Crippen LogP contribution in [-0.4, -0.2) is 14.5 Å². The second kappa shape index (κ2) is 7.81. The van der Waals surface area contributed by atoms with Crippen molar-refractivity contribution in [2.75, 3.05) is 0 Å². The van der Waals surface area contributed by atoms with E-state index in [-0.39, 0.29) is 5.15 Å². The number of H-pyrrole nitrogens is 1. The van der Waals surface area contributed by atoms with Gasteiger partial charge in [-0.3, -0.25) is 9.78 Å². The second-order valence-electron chi connectivity index (χ2n) is 6.97. The van der Waals surface area contributed by atoms with Crippen LogP contribution in [0.1, 0.15) is 0 Å². The number of thiophene rings is 1. The molecular weight excluding hydrogens is 456 g/mol. The molecule has 0 fully saturated rings. The molecule has 0 radical (unpaired) electrons. The zero-order valence-electron chi connectivity index (χ0n) is 16.1. The number of benzene rings is 2. The largest absolute Gasteiger partial charge is 0.334 e. The normalized spacial score (nSPS) is 11.2. The van der Waals surface area contributed by atoms with E-state index in [2.05, 4.69) is 9.97 Å². The predicted octanol–water partition coefficient (Wildman–Crippen LogP) is 5.40. The van der Waals surface area contributed by atoms with Gasteiger partial charge < -0.3 is 0 Å². The van der Waals surface area contributed by atoms with Gasteiger partial charge in [-0.05, 0) is 41.0 Å². The fourth-order valence-electron chi connectivity index (χ4n) is 3.48. The molecular formula is C23H12ClF2N3O2S. The molecule has 0 saturated heterocycles. The zero-order chi connectivity index (χ0) is 22.4. The summed E-state index contributed by atoms with van der Waals surface area (Å²) in [6.07, 6.45) is 1.35. The highest BCUT2D eigenvalue weighted by Crippen LogP contribution is 2.32. The Morgan fingerprint density at radius 1 is 0.906 bits per heavy atom. The van der Waals surface area contributed by atoms with Crippen molar-refractivity contribution < 1.29 is 8.78 Å². The van der Waals surface area contributed by atoms with E-state index in [0.29, 0.717) is 32.6 Å². The van der Waals surface area contributed by atoms with Crippen molar-refractivity contribution in [1.82, 2.24) is 14.5 Å². The van der Waals surface area contributed by atoms with Gasteiger partial charge in [0.05, 0.1) is 17.3 Å². The first-order chi connectivity index (χ1) is 15.4. The summed E-state index contributed by atoms with van der Waals surface area (Å²) >= 11 is 7.06. The van der Waals surface area contributed by atoms with Crippen LogP contribution in [0.25, 0.3) is 38.2 Å². The minimum absolute atomic E-state index is 0.247. The van der Waals surface area contributed by atoms with Crippen molar-refractivity contribution in [2.45, 2.75) is 0 Å². The Bertz CT molecular complexity index is 1590. The molecule has 0 aliphatic rings. The predicted molar refractivity (Wildman–Crippen MR) is 122 cm³/mol. The van der Waals surface area contributed by atoms with Crippen molar-refractivity contribution >= 4 is 33.2 Å². The fraction of sp³-hybridized carbons (Fsp3) is 0. The summed E-state index contributed by atoms with van der Waals surface area (Å²) in [5.41, 5.74) is 1.87. The number of hydrogen-bond acceptors (Lipinski definition) is 4. The number of pyridine rings is 1. The molecule has 0 aliphatic carbocycles. The summed E-state index contributed by atoms with van der Waals surface area (Å²) in [5.74, 6) is -1.83. The molecule has 5 nitrogen and oxygen atoms in total. The summed E-state index contributed by atoms with van der Waals surface area (Å²) in [6, 6.07) is 13.9. The number of aromatic amines is 1. The number of halogens is 3. The van der Waals surface area contributed by atoms with E-state index in [0.717, 1.165) is 22.3 Å². The summed E-state index contributed by atoms with van der Waals surface area (Å²) in [6.45, 7) is 0. The van der Waals surface area contributed by atoms with Gasteiger partial charge in [0.25, 0.3) is 5.56 Å². The van der Waals surface area contributed by atoms with Crippen LogP contribution < -0.4 is 11.2 Å².